The van der Waals surface area contributed by atoms with E-state index < -0.39 is 16.0 Å². The normalized spacial score (nSPS) is 20.1. The Labute approximate surface area is 177 Å². The van der Waals surface area contributed by atoms with E-state index in [2.05, 4.69) is 5.32 Å². The quantitative estimate of drug-likeness (QED) is 0.728. The third kappa shape index (κ3) is 5.67. The third-order valence-electron chi connectivity index (χ3n) is 5.68. The zero-order valence-electron chi connectivity index (χ0n) is 16.6. The molecule has 1 aromatic carbocycles. The van der Waals surface area contributed by atoms with Crippen LogP contribution >= 0.6 is 11.6 Å². The van der Waals surface area contributed by atoms with Crippen molar-refractivity contribution in [2.75, 3.05) is 45.1 Å². The number of halogens is 2. The van der Waals surface area contributed by atoms with Gasteiger partial charge in [0.05, 0.1) is 11.6 Å². The molecule has 29 heavy (non-hydrogen) atoms. The highest BCUT2D eigenvalue weighted by Crippen LogP contribution is 2.25. The van der Waals surface area contributed by atoms with Crippen LogP contribution in [0.1, 0.15) is 32.1 Å². The van der Waals surface area contributed by atoms with Crippen molar-refractivity contribution in [2.45, 2.75) is 38.1 Å². The lowest BCUT2D eigenvalue weighted by atomic mass is 9.96. The maximum Gasteiger partial charge on any atom is 0.282 e. The van der Waals surface area contributed by atoms with Crippen LogP contribution in [0, 0.1) is 5.82 Å². The zero-order chi connectivity index (χ0) is 21.0. The molecule has 1 amide bonds. The Balaban J connectivity index is 1.49. The molecule has 0 unspecified atom stereocenters. The average molecular weight is 447 g/mol. The Morgan fingerprint density at radius 2 is 1.86 bits per heavy atom. The van der Waals surface area contributed by atoms with E-state index in [9.17, 15) is 17.6 Å². The molecule has 2 fully saturated rings. The molecule has 1 aliphatic heterocycles. The van der Waals surface area contributed by atoms with E-state index in [1.165, 1.54) is 33.2 Å². The summed E-state index contributed by atoms with van der Waals surface area (Å²) in [7, 11) is -1.80. The SMILES string of the molecule is CN(C1CCCCC1)S(=O)(=O)N1CCN(CC(=O)Nc2ccc(F)c(Cl)c2)CC1. The van der Waals surface area contributed by atoms with Gasteiger partial charge in [-0.05, 0) is 31.0 Å². The topological polar surface area (TPSA) is 73.0 Å². The summed E-state index contributed by atoms with van der Waals surface area (Å²) in [5.74, 6) is -0.788. The summed E-state index contributed by atoms with van der Waals surface area (Å²) >= 11 is 5.73. The Morgan fingerprint density at radius 1 is 1.21 bits per heavy atom. The first-order valence-electron chi connectivity index (χ1n) is 9.98. The molecule has 1 N–H and O–H groups in total. The van der Waals surface area contributed by atoms with Gasteiger partial charge in [-0.25, -0.2) is 4.39 Å². The van der Waals surface area contributed by atoms with Gasteiger partial charge in [0.1, 0.15) is 5.82 Å². The number of rotatable bonds is 6. The summed E-state index contributed by atoms with van der Waals surface area (Å²) in [6, 6.07) is 4.09. The van der Waals surface area contributed by atoms with Gasteiger partial charge in [0.25, 0.3) is 10.2 Å². The fourth-order valence-corrected chi connectivity index (χ4v) is 5.67. The third-order valence-corrected chi connectivity index (χ3v) is 8.01. The number of hydrogen-bond donors (Lipinski definition) is 1. The minimum absolute atomic E-state index is 0.0521. The van der Waals surface area contributed by atoms with E-state index in [0.29, 0.717) is 31.9 Å². The number of hydrogen-bond acceptors (Lipinski definition) is 4. The minimum Gasteiger partial charge on any atom is -0.325 e. The van der Waals surface area contributed by atoms with Crippen LogP contribution in [0.4, 0.5) is 10.1 Å². The van der Waals surface area contributed by atoms with Gasteiger partial charge in [0.2, 0.25) is 5.91 Å². The molecule has 1 aliphatic carbocycles. The molecule has 1 saturated heterocycles. The summed E-state index contributed by atoms with van der Waals surface area (Å²) < 4.78 is 42.1. The number of benzene rings is 1. The molecular weight excluding hydrogens is 419 g/mol. The summed E-state index contributed by atoms with van der Waals surface area (Å²) in [5, 5.41) is 2.64. The molecule has 1 heterocycles. The van der Waals surface area contributed by atoms with Gasteiger partial charge in [0, 0.05) is 45.0 Å². The first kappa shape index (κ1) is 22.4. The maximum absolute atomic E-state index is 13.2. The molecule has 1 aromatic rings. The molecule has 162 valence electrons. The fraction of sp³-hybridized carbons (Fsp3) is 0.632. The minimum atomic E-state index is -3.48. The molecular formula is C19H28ClFN4O3S. The molecule has 2 aliphatic rings. The highest BCUT2D eigenvalue weighted by atomic mass is 35.5. The van der Waals surface area contributed by atoms with Crippen molar-refractivity contribution in [1.29, 1.82) is 0 Å². The van der Waals surface area contributed by atoms with E-state index in [4.69, 9.17) is 11.6 Å². The van der Waals surface area contributed by atoms with Crippen LogP contribution in [0.15, 0.2) is 18.2 Å². The van der Waals surface area contributed by atoms with Crippen LogP contribution < -0.4 is 5.32 Å². The van der Waals surface area contributed by atoms with Gasteiger partial charge in [0.15, 0.2) is 0 Å². The number of carbonyl (C=O) groups excluding carboxylic acids is 1. The number of carbonyl (C=O) groups is 1. The summed E-state index contributed by atoms with van der Waals surface area (Å²) in [4.78, 5) is 14.2. The van der Waals surface area contributed by atoms with Crippen LogP contribution in [0.2, 0.25) is 5.02 Å². The summed E-state index contributed by atoms with van der Waals surface area (Å²) in [5.41, 5.74) is 0.428. The first-order chi connectivity index (χ1) is 13.8. The lowest BCUT2D eigenvalue weighted by Gasteiger charge is -2.38. The van der Waals surface area contributed by atoms with E-state index in [1.54, 1.807) is 7.05 Å². The lowest BCUT2D eigenvalue weighted by molar-refractivity contribution is -0.117. The molecule has 7 nitrogen and oxygen atoms in total. The van der Waals surface area contributed by atoms with E-state index in [1.807, 2.05) is 4.90 Å². The van der Waals surface area contributed by atoms with Crippen LogP contribution in [0.3, 0.4) is 0 Å². The second-order valence-corrected chi connectivity index (χ2v) is 10.1. The number of anilines is 1. The zero-order valence-corrected chi connectivity index (χ0v) is 18.2. The van der Waals surface area contributed by atoms with Gasteiger partial charge in [-0.3, -0.25) is 9.69 Å². The van der Waals surface area contributed by atoms with Crippen molar-refractivity contribution in [1.82, 2.24) is 13.5 Å². The average Bonchev–Trinajstić information content (AvgIpc) is 2.71. The summed E-state index contributed by atoms with van der Waals surface area (Å²) in [6.45, 7) is 1.82. The monoisotopic (exact) mass is 446 g/mol. The molecule has 0 aromatic heterocycles. The standard InChI is InChI=1S/C19H28ClFN4O3S/c1-23(16-5-3-2-4-6-16)29(27,28)25-11-9-24(10-12-25)14-19(26)22-15-7-8-18(21)17(20)13-15/h7-8,13,16H,2-6,9-12,14H2,1H3,(H,22,26). The number of nitrogens with zero attached hydrogens (tertiary/aromatic N) is 3. The van der Waals surface area contributed by atoms with E-state index in [-0.39, 0.29) is 23.5 Å². The molecule has 0 radical (unpaired) electrons. The largest absolute Gasteiger partial charge is 0.325 e. The van der Waals surface area contributed by atoms with Crippen LogP contribution in [0.5, 0.6) is 0 Å². The van der Waals surface area contributed by atoms with Crippen molar-refractivity contribution < 1.29 is 17.6 Å². The van der Waals surface area contributed by atoms with Crippen LogP contribution in [-0.4, -0.2) is 73.6 Å². The molecule has 0 bridgehead atoms. The highest BCUT2D eigenvalue weighted by Gasteiger charge is 2.34. The lowest BCUT2D eigenvalue weighted by Crippen LogP contribution is -2.55. The predicted octanol–water partition coefficient (Wildman–Crippen LogP) is 2.54. The molecule has 3 rings (SSSR count). The number of nitrogens with one attached hydrogen (secondary N) is 1. The molecule has 1 saturated carbocycles. The molecule has 0 spiro atoms. The Bertz CT molecular complexity index is 825. The number of piperazine rings is 1. The predicted molar refractivity (Wildman–Crippen MR) is 112 cm³/mol. The number of amides is 1. The van der Waals surface area contributed by atoms with Crippen LogP contribution in [0.25, 0.3) is 0 Å². The van der Waals surface area contributed by atoms with Crippen molar-refractivity contribution in [3.05, 3.63) is 29.0 Å². The van der Waals surface area contributed by atoms with Gasteiger partial charge < -0.3 is 5.32 Å². The van der Waals surface area contributed by atoms with Crippen LogP contribution in [-0.2, 0) is 15.0 Å². The second kappa shape index (κ2) is 9.70. The van der Waals surface area contributed by atoms with Crippen molar-refractivity contribution in [3.63, 3.8) is 0 Å². The summed E-state index contributed by atoms with van der Waals surface area (Å²) in [6.07, 6.45) is 5.17. The van der Waals surface area contributed by atoms with E-state index in [0.717, 1.165) is 25.7 Å². The molecule has 10 heteroatoms. The second-order valence-electron chi connectivity index (χ2n) is 7.67. The van der Waals surface area contributed by atoms with Gasteiger partial charge in [-0.15, -0.1) is 0 Å². The van der Waals surface area contributed by atoms with Gasteiger partial charge >= 0.3 is 0 Å². The Kier molecular flexibility index (Phi) is 7.50. The fourth-order valence-electron chi connectivity index (χ4n) is 3.91. The smallest absolute Gasteiger partial charge is 0.282 e. The Morgan fingerprint density at radius 3 is 2.48 bits per heavy atom. The van der Waals surface area contributed by atoms with Gasteiger partial charge in [-0.2, -0.15) is 17.0 Å². The maximum atomic E-state index is 13.2. The van der Waals surface area contributed by atoms with Crippen molar-refractivity contribution >= 4 is 33.4 Å². The van der Waals surface area contributed by atoms with Gasteiger partial charge in [-0.1, -0.05) is 30.9 Å². The van der Waals surface area contributed by atoms with Crippen molar-refractivity contribution in [3.8, 4) is 0 Å². The van der Waals surface area contributed by atoms with Crippen molar-refractivity contribution in [2.24, 2.45) is 0 Å². The highest BCUT2D eigenvalue weighted by molar-refractivity contribution is 7.86. The Hall–Kier alpha value is -1.26. The first-order valence-corrected chi connectivity index (χ1v) is 11.8. The molecule has 0 atom stereocenters. The van der Waals surface area contributed by atoms with E-state index >= 15 is 0 Å².